The highest BCUT2D eigenvalue weighted by molar-refractivity contribution is 5.93. The minimum absolute atomic E-state index is 0.00825. The lowest BCUT2D eigenvalue weighted by molar-refractivity contribution is -0.384. The molecule has 1 aromatic heterocycles. The molecule has 1 fully saturated rings. The normalized spacial score (nSPS) is 20.8. The van der Waals surface area contributed by atoms with E-state index in [-0.39, 0.29) is 23.4 Å². The van der Waals surface area contributed by atoms with E-state index in [0.717, 1.165) is 19.3 Å². The summed E-state index contributed by atoms with van der Waals surface area (Å²) < 4.78 is 6.96. The Balaban J connectivity index is 2.11. The van der Waals surface area contributed by atoms with Gasteiger partial charge in [-0.15, -0.1) is 0 Å². The Labute approximate surface area is 133 Å². The summed E-state index contributed by atoms with van der Waals surface area (Å²) in [6, 6.07) is 6.14. The molecule has 0 bridgehead atoms. The van der Waals surface area contributed by atoms with Crippen LogP contribution in [-0.4, -0.2) is 28.7 Å². The highest BCUT2D eigenvalue weighted by Gasteiger charge is 2.27. The third-order valence-electron chi connectivity index (χ3n) is 4.54. The van der Waals surface area contributed by atoms with Crippen LogP contribution in [0.25, 0.3) is 10.9 Å². The number of nitrogens with zero attached hydrogens (tertiary/aromatic N) is 2. The molecule has 0 saturated heterocycles. The SMILES string of the molecule is CO[C@@H]1CCCC1Nc1cc(=O)n(C)c2ccc([N+](=O)[O-])cc12. The molecule has 23 heavy (non-hydrogen) atoms. The summed E-state index contributed by atoms with van der Waals surface area (Å²) in [5.41, 5.74) is 1.15. The topological polar surface area (TPSA) is 86.4 Å². The lowest BCUT2D eigenvalue weighted by atomic mass is 10.1. The van der Waals surface area contributed by atoms with Crippen LogP contribution in [0.3, 0.4) is 0 Å². The summed E-state index contributed by atoms with van der Waals surface area (Å²) in [7, 11) is 3.34. The average Bonchev–Trinajstić information content (AvgIpc) is 2.99. The fraction of sp³-hybridized carbons (Fsp3) is 0.438. The van der Waals surface area contributed by atoms with E-state index in [4.69, 9.17) is 4.74 Å². The molecule has 1 heterocycles. The van der Waals surface area contributed by atoms with Crippen LogP contribution in [0.1, 0.15) is 19.3 Å². The van der Waals surface area contributed by atoms with Crippen LogP contribution in [0, 0.1) is 10.1 Å². The predicted molar refractivity (Wildman–Crippen MR) is 87.9 cm³/mol. The molecule has 0 aliphatic heterocycles. The number of nitrogens with one attached hydrogen (secondary N) is 1. The number of ether oxygens (including phenoxy) is 1. The van der Waals surface area contributed by atoms with E-state index >= 15 is 0 Å². The van der Waals surface area contributed by atoms with E-state index in [0.29, 0.717) is 16.6 Å². The maximum absolute atomic E-state index is 12.2. The van der Waals surface area contributed by atoms with E-state index < -0.39 is 4.92 Å². The van der Waals surface area contributed by atoms with Crippen molar-refractivity contribution in [2.75, 3.05) is 12.4 Å². The Morgan fingerprint density at radius 1 is 1.35 bits per heavy atom. The molecule has 2 aromatic rings. The number of pyridine rings is 1. The Kier molecular flexibility index (Phi) is 4.04. The summed E-state index contributed by atoms with van der Waals surface area (Å²) in [4.78, 5) is 22.8. The molecule has 0 spiro atoms. The van der Waals surface area contributed by atoms with E-state index in [9.17, 15) is 14.9 Å². The molecular weight excluding hydrogens is 298 g/mol. The van der Waals surface area contributed by atoms with Crippen LogP contribution >= 0.6 is 0 Å². The fourth-order valence-electron chi connectivity index (χ4n) is 3.25. The summed E-state index contributed by atoms with van der Waals surface area (Å²) in [5, 5.41) is 15.1. The molecule has 122 valence electrons. The molecule has 2 atom stereocenters. The molecule has 1 aliphatic rings. The van der Waals surface area contributed by atoms with E-state index in [2.05, 4.69) is 5.32 Å². The van der Waals surface area contributed by atoms with Gasteiger partial charge in [-0.2, -0.15) is 0 Å². The zero-order chi connectivity index (χ0) is 16.6. The van der Waals surface area contributed by atoms with Crippen LogP contribution in [-0.2, 0) is 11.8 Å². The number of aryl methyl sites for hydroxylation is 1. The zero-order valence-electron chi connectivity index (χ0n) is 13.1. The largest absolute Gasteiger partial charge is 0.379 e. The van der Waals surface area contributed by atoms with Crippen molar-refractivity contribution in [1.82, 2.24) is 4.57 Å². The lowest BCUT2D eigenvalue weighted by Crippen LogP contribution is -2.30. The van der Waals surface area contributed by atoms with E-state index in [1.807, 2.05) is 0 Å². The number of rotatable bonds is 4. The second-order valence-electron chi connectivity index (χ2n) is 5.87. The van der Waals surface area contributed by atoms with Crippen LogP contribution < -0.4 is 10.9 Å². The van der Waals surface area contributed by atoms with Crippen molar-refractivity contribution < 1.29 is 9.66 Å². The average molecular weight is 317 g/mol. The third kappa shape index (κ3) is 2.79. The number of benzene rings is 1. The second-order valence-corrected chi connectivity index (χ2v) is 5.87. The van der Waals surface area contributed by atoms with Crippen molar-refractivity contribution in [1.29, 1.82) is 0 Å². The van der Waals surface area contributed by atoms with Crippen LogP contribution in [0.4, 0.5) is 11.4 Å². The van der Waals surface area contributed by atoms with Crippen molar-refractivity contribution in [2.24, 2.45) is 7.05 Å². The van der Waals surface area contributed by atoms with Gasteiger partial charge in [-0.1, -0.05) is 0 Å². The molecule has 1 saturated carbocycles. The molecule has 3 rings (SSSR count). The molecule has 7 nitrogen and oxygen atoms in total. The standard InChI is InChI=1S/C16H19N3O4/c1-18-14-7-6-10(19(21)22)8-11(14)13(9-16(18)20)17-12-4-3-5-15(12)23-2/h6-9,12,15,17H,3-5H2,1-2H3/t12?,15-/m1/s1. The number of nitro groups is 1. The Hall–Kier alpha value is -2.41. The number of hydrogen-bond acceptors (Lipinski definition) is 5. The van der Waals surface area contributed by atoms with Gasteiger partial charge in [-0.3, -0.25) is 14.9 Å². The highest BCUT2D eigenvalue weighted by Crippen LogP contribution is 2.30. The van der Waals surface area contributed by atoms with Gasteiger partial charge in [0.15, 0.2) is 0 Å². The summed E-state index contributed by atoms with van der Waals surface area (Å²) in [6.45, 7) is 0. The van der Waals surface area contributed by atoms with Crippen LogP contribution in [0.5, 0.6) is 0 Å². The Morgan fingerprint density at radius 2 is 2.13 bits per heavy atom. The molecular formula is C16H19N3O4. The molecule has 7 heteroatoms. The lowest BCUT2D eigenvalue weighted by Gasteiger charge is -2.22. The Morgan fingerprint density at radius 3 is 2.83 bits per heavy atom. The van der Waals surface area contributed by atoms with Crippen molar-refractivity contribution in [3.8, 4) is 0 Å². The van der Waals surface area contributed by atoms with Crippen molar-refractivity contribution in [2.45, 2.75) is 31.4 Å². The highest BCUT2D eigenvalue weighted by atomic mass is 16.6. The number of nitro benzene ring substituents is 1. The van der Waals surface area contributed by atoms with Crippen LogP contribution in [0.2, 0.25) is 0 Å². The second kappa shape index (κ2) is 6.00. The minimum atomic E-state index is -0.429. The van der Waals surface area contributed by atoms with Crippen molar-refractivity contribution in [3.63, 3.8) is 0 Å². The van der Waals surface area contributed by atoms with Gasteiger partial charge < -0.3 is 14.6 Å². The first kappa shape index (κ1) is 15.5. The molecule has 0 amide bonds. The zero-order valence-corrected chi connectivity index (χ0v) is 13.1. The number of fused-ring (bicyclic) bond motifs is 1. The van der Waals surface area contributed by atoms with Gasteiger partial charge in [0.2, 0.25) is 0 Å². The fourth-order valence-corrected chi connectivity index (χ4v) is 3.25. The van der Waals surface area contributed by atoms with E-state index in [1.165, 1.54) is 22.8 Å². The van der Waals surface area contributed by atoms with Crippen molar-refractivity contribution in [3.05, 3.63) is 44.7 Å². The monoisotopic (exact) mass is 317 g/mol. The first-order valence-electron chi connectivity index (χ1n) is 7.59. The quantitative estimate of drug-likeness (QED) is 0.691. The molecule has 1 unspecified atom stereocenters. The molecule has 1 aromatic carbocycles. The molecule has 1 aliphatic carbocycles. The van der Waals surface area contributed by atoms with Gasteiger partial charge in [0.25, 0.3) is 11.2 Å². The third-order valence-corrected chi connectivity index (χ3v) is 4.54. The summed E-state index contributed by atoms with van der Waals surface area (Å²) in [5.74, 6) is 0. The van der Waals surface area contributed by atoms with Gasteiger partial charge in [0, 0.05) is 43.4 Å². The maximum atomic E-state index is 12.2. The summed E-state index contributed by atoms with van der Waals surface area (Å²) in [6.07, 6.45) is 3.06. The first-order chi connectivity index (χ1) is 11.0. The van der Waals surface area contributed by atoms with Crippen LogP contribution in [0.15, 0.2) is 29.1 Å². The van der Waals surface area contributed by atoms with Gasteiger partial charge in [-0.05, 0) is 25.3 Å². The van der Waals surface area contributed by atoms with Gasteiger partial charge in [-0.25, -0.2) is 0 Å². The number of hydrogen-bond donors (Lipinski definition) is 1. The van der Waals surface area contributed by atoms with Gasteiger partial charge in [0.1, 0.15) is 0 Å². The summed E-state index contributed by atoms with van der Waals surface area (Å²) >= 11 is 0. The number of aromatic nitrogens is 1. The van der Waals surface area contributed by atoms with Gasteiger partial charge >= 0.3 is 0 Å². The number of methoxy groups -OCH3 is 1. The smallest absolute Gasteiger partial charge is 0.270 e. The van der Waals surface area contributed by atoms with E-state index in [1.54, 1.807) is 20.2 Å². The first-order valence-corrected chi connectivity index (χ1v) is 7.59. The number of non-ortho nitro benzene ring substituents is 1. The predicted octanol–water partition coefficient (Wildman–Crippen LogP) is 2.43. The van der Waals surface area contributed by atoms with Crippen molar-refractivity contribution >= 4 is 22.3 Å². The Bertz CT molecular complexity index is 815. The number of anilines is 1. The van der Waals surface area contributed by atoms with Gasteiger partial charge in [0.05, 0.1) is 22.6 Å². The molecule has 0 radical (unpaired) electrons. The maximum Gasteiger partial charge on any atom is 0.270 e. The minimum Gasteiger partial charge on any atom is -0.379 e. The molecule has 1 N–H and O–H groups in total.